The molecule has 0 aromatic carbocycles. The van der Waals surface area contributed by atoms with E-state index in [-0.39, 0.29) is 30.8 Å². The summed E-state index contributed by atoms with van der Waals surface area (Å²) >= 11 is 1.64. The normalized spacial score (nSPS) is 11.9. The summed E-state index contributed by atoms with van der Waals surface area (Å²) < 4.78 is 4.80. The maximum absolute atomic E-state index is 11.8. The van der Waals surface area contributed by atoms with E-state index in [0.29, 0.717) is 6.61 Å². The molecule has 5 heteroatoms. The van der Waals surface area contributed by atoms with E-state index in [4.69, 9.17) is 4.74 Å². The number of amides is 1. The summed E-state index contributed by atoms with van der Waals surface area (Å²) in [4.78, 5) is 24.2. The Labute approximate surface area is 118 Å². The third-order valence-electron chi connectivity index (χ3n) is 2.66. The van der Waals surface area contributed by atoms with Crippen molar-refractivity contribution in [2.75, 3.05) is 6.61 Å². The highest BCUT2D eigenvalue weighted by atomic mass is 32.1. The Morgan fingerprint density at radius 3 is 2.74 bits per heavy atom. The maximum atomic E-state index is 11.8. The third-order valence-corrected chi connectivity index (χ3v) is 3.65. The van der Waals surface area contributed by atoms with E-state index in [1.165, 1.54) is 0 Å². The molecule has 1 unspecified atom stereocenters. The quantitative estimate of drug-likeness (QED) is 0.746. The molecule has 1 rings (SSSR count). The first-order valence-corrected chi connectivity index (χ1v) is 7.53. The summed E-state index contributed by atoms with van der Waals surface area (Å²) in [6.45, 7) is 4.20. The van der Waals surface area contributed by atoms with Crippen LogP contribution in [0, 0.1) is 0 Å². The van der Waals surface area contributed by atoms with Gasteiger partial charge in [-0.25, -0.2) is 0 Å². The minimum atomic E-state index is -0.319. The van der Waals surface area contributed by atoms with Crippen molar-refractivity contribution in [1.29, 1.82) is 0 Å². The Bertz CT molecular complexity index is 389. The molecule has 0 spiro atoms. The van der Waals surface area contributed by atoms with E-state index in [1.54, 1.807) is 18.3 Å². The molecule has 1 amide bonds. The topological polar surface area (TPSA) is 55.4 Å². The maximum Gasteiger partial charge on any atom is 0.306 e. The minimum Gasteiger partial charge on any atom is -0.466 e. The van der Waals surface area contributed by atoms with Crippen LogP contribution in [0.3, 0.4) is 0 Å². The summed E-state index contributed by atoms with van der Waals surface area (Å²) in [6, 6.07) is 4.06. The SMILES string of the molecule is CCCC(NC(=O)CCC(=O)OCC)c1cccs1. The van der Waals surface area contributed by atoms with Crippen LogP contribution in [0.15, 0.2) is 17.5 Å². The molecule has 0 saturated carbocycles. The van der Waals surface area contributed by atoms with Gasteiger partial charge in [0.05, 0.1) is 19.1 Å². The molecule has 0 fully saturated rings. The predicted octanol–water partition coefficient (Wildman–Crippen LogP) is 3.05. The van der Waals surface area contributed by atoms with Gasteiger partial charge in [0.1, 0.15) is 0 Å². The molecule has 106 valence electrons. The summed E-state index contributed by atoms with van der Waals surface area (Å²) in [5, 5.41) is 4.98. The van der Waals surface area contributed by atoms with E-state index in [2.05, 4.69) is 12.2 Å². The van der Waals surface area contributed by atoms with Crippen LogP contribution in [0.25, 0.3) is 0 Å². The van der Waals surface area contributed by atoms with Gasteiger partial charge in [-0.05, 0) is 24.8 Å². The number of thiophene rings is 1. The fraction of sp³-hybridized carbons (Fsp3) is 0.571. The molecular formula is C14H21NO3S. The van der Waals surface area contributed by atoms with E-state index < -0.39 is 0 Å². The summed E-state index contributed by atoms with van der Waals surface area (Å²) in [5.41, 5.74) is 0. The van der Waals surface area contributed by atoms with Crippen LogP contribution < -0.4 is 5.32 Å². The molecule has 0 bridgehead atoms. The van der Waals surface area contributed by atoms with Gasteiger partial charge in [-0.15, -0.1) is 11.3 Å². The van der Waals surface area contributed by atoms with Gasteiger partial charge in [-0.1, -0.05) is 19.4 Å². The van der Waals surface area contributed by atoms with Crippen molar-refractivity contribution < 1.29 is 14.3 Å². The van der Waals surface area contributed by atoms with Crippen LogP contribution in [0.5, 0.6) is 0 Å². The highest BCUT2D eigenvalue weighted by molar-refractivity contribution is 7.10. The number of rotatable bonds is 8. The first kappa shape index (κ1) is 15.7. The second kappa shape index (κ2) is 8.69. The lowest BCUT2D eigenvalue weighted by atomic mass is 10.1. The molecular weight excluding hydrogens is 262 g/mol. The zero-order valence-corrected chi connectivity index (χ0v) is 12.3. The van der Waals surface area contributed by atoms with Crippen LogP contribution >= 0.6 is 11.3 Å². The average Bonchev–Trinajstić information content (AvgIpc) is 2.90. The van der Waals surface area contributed by atoms with Crippen molar-refractivity contribution in [1.82, 2.24) is 5.32 Å². The van der Waals surface area contributed by atoms with Crippen molar-refractivity contribution in [2.45, 2.75) is 45.6 Å². The first-order chi connectivity index (χ1) is 9.17. The van der Waals surface area contributed by atoms with Crippen molar-refractivity contribution in [3.05, 3.63) is 22.4 Å². The second-order valence-electron chi connectivity index (χ2n) is 4.23. The van der Waals surface area contributed by atoms with E-state index >= 15 is 0 Å². The highest BCUT2D eigenvalue weighted by Gasteiger charge is 2.15. The van der Waals surface area contributed by atoms with Gasteiger partial charge >= 0.3 is 5.97 Å². The molecule has 0 saturated heterocycles. The van der Waals surface area contributed by atoms with Crippen LogP contribution in [-0.4, -0.2) is 18.5 Å². The molecule has 0 aliphatic carbocycles. The van der Waals surface area contributed by atoms with Gasteiger partial charge in [-0.2, -0.15) is 0 Å². The van der Waals surface area contributed by atoms with Gasteiger partial charge in [-0.3, -0.25) is 9.59 Å². The Balaban J connectivity index is 2.42. The Morgan fingerprint density at radius 2 is 2.16 bits per heavy atom. The van der Waals surface area contributed by atoms with Gasteiger partial charge in [0.25, 0.3) is 0 Å². The number of carbonyl (C=O) groups is 2. The number of nitrogens with one attached hydrogen (secondary N) is 1. The zero-order chi connectivity index (χ0) is 14.1. The van der Waals surface area contributed by atoms with Crippen LogP contribution in [0.1, 0.15) is 50.4 Å². The van der Waals surface area contributed by atoms with Gasteiger partial charge < -0.3 is 10.1 Å². The average molecular weight is 283 g/mol. The van der Waals surface area contributed by atoms with E-state index in [0.717, 1.165) is 17.7 Å². The van der Waals surface area contributed by atoms with Crippen molar-refractivity contribution in [3.63, 3.8) is 0 Å². The molecule has 1 aromatic rings. The fourth-order valence-corrected chi connectivity index (χ4v) is 2.59. The first-order valence-electron chi connectivity index (χ1n) is 6.65. The van der Waals surface area contributed by atoms with Crippen molar-refractivity contribution >= 4 is 23.2 Å². The molecule has 0 radical (unpaired) electrons. The summed E-state index contributed by atoms with van der Waals surface area (Å²) in [6.07, 6.45) is 2.24. The number of ether oxygens (including phenoxy) is 1. The minimum absolute atomic E-state index is 0.0553. The number of carbonyl (C=O) groups excluding carboxylic acids is 2. The lowest BCUT2D eigenvalue weighted by molar-refractivity contribution is -0.144. The predicted molar refractivity (Wildman–Crippen MR) is 76.0 cm³/mol. The van der Waals surface area contributed by atoms with E-state index in [1.807, 2.05) is 17.5 Å². The Hall–Kier alpha value is -1.36. The van der Waals surface area contributed by atoms with Crippen molar-refractivity contribution in [2.24, 2.45) is 0 Å². The Morgan fingerprint density at radius 1 is 1.37 bits per heavy atom. The van der Waals surface area contributed by atoms with Crippen LogP contribution in [0.4, 0.5) is 0 Å². The number of esters is 1. The largest absolute Gasteiger partial charge is 0.466 e. The summed E-state index contributed by atoms with van der Waals surface area (Å²) in [5.74, 6) is -0.416. The fourth-order valence-electron chi connectivity index (χ4n) is 1.78. The van der Waals surface area contributed by atoms with Crippen LogP contribution in [-0.2, 0) is 14.3 Å². The molecule has 1 N–H and O–H groups in total. The lowest BCUT2D eigenvalue weighted by Crippen LogP contribution is -2.28. The van der Waals surface area contributed by atoms with Gasteiger partial charge in [0.15, 0.2) is 0 Å². The lowest BCUT2D eigenvalue weighted by Gasteiger charge is -2.16. The molecule has 4 nitrogen and oxygen atoms in total. The van der Waals surface area contributed by atoms with Crippen LogP contribution in [0.2, 0.25) is 0 Å². The third kappa shape index (κ3) is 5.87. The molecule has 1 atom stereocenters. The number of hydrogen-bond donors (Lipinski definition) is 1. The van der Waals surface area contributed by atoms with Gasteiger partial charge in [0, 0.05) is 11.3 Å². The molecule has 19 heavy (non-hydrogen) atoms. The van der Waals surface area contributed by atoms with E-state index in [9.17, 15) is 9.59 Å². The smallest absolute Gasteiger partial charge is 0.306 e. The molecule has 1 heterocycles. The number of hydrogen-bond acceptors (Lipinski definition) is 4. The monoisotopic (exact) mass is 283 g/mol. The Kier molecular flexibility index (Phi) is 7.18. The van der Waals surface area contributed by atoms with Crippen molar-refractivity contribution in [3.8, 4) is 0 Å². The zero-order valence-electron chi connectivity index (χ0n) is 11.5. The second-order valence-corrected chi connectivity index (χ2v) is 5.21. The van der Waals surface area contributed by atoms with Gasteiger partial charge in [0.2, 0.25) is 5.91 Å². The highest BCUT2D eigenvalue weighted by Crippen LogP contribution is 2.23. The molecule has 0 aliphatic rings. The summed E-state index contributed by atoms with van der Waals surface area (Å²) in [7, 11) is 0. The molecule has 1 aromatic heterocycles. The standard InChI is InChI=1S/C14H21NO3S/c1-3-6-11(12-7-5-10-19-12)15-13(16)8-9-14(17)18-4-2/h5,7,10-11H,3-4,6,8-9H2,1-2H3,(H,15,16). The molecule has 0 aliphatic heterocycles.